The Bertz CT molecular complexity index is 895. The molecule has 0 saturated carbocycles. The van der Waals surface area contributed by atoms with Gasteiger partial charge in [0.15, 0.2) is 0 Å². The van der Waals surface area contributed by atoms with Gasteiger partial charge >= 0.3 is 6.18 Å². The number of alkyl halides is 3. The summed E-state index contributed by atoms with van der Waals surface area (Å²) in [6.07, 6.45) is -5.99. The summed E-state index contributed by atoms with van der Waals surface area (Å²) in [7, 11) is 2.88. The van der Waals surface area contributed by atoms with Crippen LogP contribution in [0.25, 0.3) is 0 Å². The van der Waals surface area contributed by atoms with E-state index in [0.29, 0.717) is 17.1 Å². The van der Waals surface area contributed by atoms with Crippen molar-refractivity contribution in [3.05, 3.63) is 59.7 Å². The molecule has 1 aliphatic heterocycles. The van der Waals surface area contributed by atoms with Gasteiger partial charge in [0.1, 0.15) is 11.5 Å². The highest BCUT2D eigenvalue weighted by Gasteiger charge is 2.63. The summed E-state index contributed by atoms with van der Waals surface area (Å²) < 4.78 is 50.9. The number of methoxy groups -OCH3 is 2. The third kappa shape index (κ3) is 3.40. The molecule has 2 aromatic carbocycles. The van der Waals surface area contributed by atoms with Gasteiger partial charge in [0.05, 0.1) is 26.4 Å². The van der Waals surface area contributed by atoms with E-state index in [1.165, 1.54) is 50.6 Å². The highest BCUT2D eigenvalue weighted by molar-refractivity contribution is 6.05. The van der Waals surface area contributed by atoms with Gasteiger partial charge in [-0.15, -0.1) is 0 Å². The van der Waals surface area contributed by atoms with Gasteiger partial charge in [-0.25, -0.2) is 0 Å². The molecule has 9 heteroatoms. The number of rotatable bonds is 4. The second kappa shape index (κ2) is 7.16. The van der Waals surface area contributed by atoms with Gasteiger partial charge in [0, 0.05) is 5.56 Å². The summed E-state index contributed by atoms with van der Waals surface area (Å²) in [5.74, 6) is -0.128. The highest BCUT2D eigenvalue weighted by atomic mass is 19.4. The third-order valence-electron chi connectivity index (χ3n) is 4.39. The van der Waals surface area contributed by atoms with E-state index >= 15 is 0 Å². The molecule has 0 aromatic heterocycles. The van der Waals surface area contributed by atoms with Gasteiger partial charge in [0.25, 0.3) is 11.6 Å². The molecule has 0 saturated heterocycles. The molecule has 1 N–H and O–H groups in total. The number of carbonyl (C=O) groups excluding carboxylic acids is 1. The lowest BCUT2D eigenvalue weighted by Gasteiger charge is -2.32. The van der Waals surface area contributed by atoms with Crippen molar-refractivity contribution in [3.8, 4) is 11.5 Å². The van der Waals surface area contributed by atoms with Crippen molar-refractivity contribution >= 4 is 11.6 Å². The quantitative estimate of drug-likeness (QED) is 0.865. The van der Waals surface area contributed by atoms with Crippen LogP contribution in [0.3, 0.4) is 0 Å². The first kappa shape index (κ1) is 19.7. The van der Waals surface area contributed by atoms with Crippen LogP contribution >= 0.6 is 0 Å². The molecule has 0 fully saturated rings. The van der Waals surface area contributed by atoms with Crippen LogP contribution < -0.4 is 9.47 Å². The maximum Gasteiger partial charge on any atom is 0.438 e. The molecular weight excluding hydrogens is 377 g/mol. The zero-order chi connectivity index (χ0) is 20.5. The lowest BCUT2D eigenvalue weighted by molar-refractivity contribution is -0.297. The summed E-state index contributed by atoms with van der Waals surface area (Å²) in [6.45, 7) is 0. The predicted molar refractivity (Wildman–Crippen MR) is 94.3 cm³/mol. The second-order valence-electron chi connectivity index (χ2n) is 6.11. The summed E-state index contributed by atoms with van der Waals surface area (Å²) in [6, 6.07) is 11.6. The molecule has 28 heavy (non-hydrogen) atoms. The fourth-order valence-electron chi connectivity index (χ4n) is 2.78. The summed E-state index contributed by atoms with van der Waals surface area (Å²) >= 11 is 0. The SMILES string of the molecule is COc1ccc(C(=O)N2N=C(c3ccc(OC)cc3)C[C@]2(O)C(F)(F)F)cc1. The molecule has 2 aromatic rings. The fourth-order valence-corrected chi connectivity index (χ4v) is 2.78. The Morgan fingerprint density at radius 2 is 1.54 bits per heavy atom. The molecule has 0 bridgehead atoms. The molecule has 1 atom stereocenters. The van der Waals surface area contributed by atoms with E-state index in [0.717, 1.165) is 0 Å². The first-order valence-electron chi connectivity index (χ1n) is 8.19. The average molecular weight is 394 g/mol. The van der Waals surface area contributed by atoms with E-state index in [2.05, 4.69) is 5.10 Å². The van der Waals surface area contributed by atoms with Crippen molar-refractivity contribution in [1.82, 2.24) is 5.01 Å². The Balaban J connectivity index is 1.99. The van der Waals surface area contributed by atoms with E-state index in [1.807, 2.05) is 0 Å². The highest BCUT2D eigenvalue weighted by Crippen LogP contribution is 2.42. The van der Waals surface area contributed by atoms with Crippen molar-refractivity contribution in [3.63, 3.8) is 0 Å². The number of aliphatic hydroxyl groups is 1. The Morgan fingerprint density at radius 3 is 2.00 bits per heavy atom. The van der Waals surface area contributed by atoms with E-state index < -0.39 is 24.2 Å². The van der Waals surface area contributed by atoms with E-state index in [1.54, 1.807) is 12.1 Å². The zero-order valence-electron chi connectivity index (χ0n) is 15.0. The largest absolute Gasteiger partial charge is 0.497 e. The van der Waals surface area contributed by atoms with Gasteiger partial charge < -0.3 is 14.6 Å². The van der Waals surface area contributed by atoms with Crippen molar-refractivity contribution in [2.45, 2.75) is 18.3 Å². The van der Waals surface area contributed by atoms with Crippen LogP contribution in [-0.2, 0) is 0 Å². The number of halogens is 3. The third-order valence-corrected chi connectivity index (χ3v) is 4.39. The molecule has 148 valence electrons. The first-order chi connectivity index (χ1) is 13.2. The maximum atomic E-state index is 13.6. The Morgan fingerprint density at radius 1 is 1.04 bits per heavy atom. The normalized spacial score (nSPS) is 19.4. The Kier molecular flexibility index (Phi) is 5.03. The molecule has 0 spiro atoms. The van der Waals surface area contributed by atoms with Crippen LogP contribution in [0, 0.1) is 0 Å². The lowest BCUT2D eigenvalue weighted by atomic mass is 10.0. The lowest BCUT2D eigenvalue weighted by Crippen LogP contribution is -2.56. The number of ether oxygens (including phenoxy) is 2. The molecule has 6 nitrogen and oxygen atoms in total. The van der Waals surface area contributed by atoms with Crippen molar-refractivity contribution in [2.24, 2.45) is 5.10 Å². The first-order valence-corrected chi connectivity index (χ1v) is 8.19. The number of benzene rings is 2. The second-order valence-corrected chi connectivity index (χ2v) is 6.11. The monoisotopic (exact) mass is 394 g/mol. The van der Waals surface area contributed by atoms with Gasteiger partial charge in [-0.05, 0) is 54.1 Å². The van der Waals surface area contributed by atoms with Crippen molar-refractivity contribution in [2.75, 3.05) is 14.2 Å². The van der Waals surface area contributed by atoms with Crippen LogP contribution in [0.2, 0.25) is 0 Å². The number of hydrogen-bond acceptors (Lipinski definition) is 5. The van der Waals surface area contributed by atoms with Gasteiger partial charge in [-0.1, -0.05) is 0 Å². The molecular formula is C19H17F3N2O4. The average Bonchev–Trinajstić information content (AvgIpc) is 3.06. The number of hydrazone groups is 1. The van der Waals surface area contributed by atoms with E-state index in [9.17, 15) is 23.1 Å². The number of hydrogen-bond donors (Lipinski definition) is 1. The molecule has 1 aliphatic rings. The topological polar surface area (TPSA) is 71.4 Å². The minimum absolute atomic E-state index is 0.0654. The molecule has 1 amide bonds. The van der Waals surface area contributed by atoms with E-state index in [4.69, 9.17) is 9.47 Å². The van der Waals surface area contributed by atoms with Crippen LogP contribution in [0.4, 0.5) is 13.2 Å². The van der Waals surface area contributed by atoms with E-state index in [-0.39, 0.29) is 16.3 Å². The van der Waals surface area contributed by atoms with Gasteiger partial charge in [-0.3, -0.25) is 4.79 Å². The van der Waals surface area contributed by atoms with Crippen LogP contribution in [-0.4, -0.2) is 47.9 Å². The van der Waals surface area contributed by atoms with Crippen molar-refractivity contribution in [1.29, 1.82) is 0 Å². The fraction of sp³-hybridized carbons (Fsp3) is 0.263. The smallest absolute Gasteiger partial charge is 0.438 e. The van der Waals surface area contributed by atoms with Gasteiger partial charge in [-0.2, -0.15) is 23.3 Å². The van der Waals surface area contributed by atoms with Crippen molar-refractivity contribution < 1.29 is 32.5 Å². The summed E-state index contributed by atoms with van der Waals surface area (Å²) in [4.78, 5) is 12.7. The Labute approximate surface area is 158 Å². The molecule has 0 aliphatic carbocycles. The summed E-state index contributed by atoms with van der Waals surface area (Å²) in [5, 5.41) is 14.3. The number of nitrogens with zero attached hydrogens (tertiary/aromatic N) is 2. The Hall–Kier alpha value is -3.07. The minimum atomic E-state index is -5.10. The number of carbonyl (C=O) groups is 1. The molecule has 0 radical (unpaired) electrons. The predicted octanol–water partition coefficient (Wildman–Crippen LogP) is 3.20. The maximum absolute atomic E-state index is 13.6. The number of amides is 1. The molecule has 3 rings (SSSR count). The minimum Gasteiger partial charge on any atom is -0.497 e. The van der Waals surface area contributed by atoms with Gasteiger partial charge in [0.2, 0.25) is 0 Å². The van der Waals surface area contributed by atoms with Crippen LogP contribution in [0.5, 0.6) is 11.5 Å². The van der Waals surface area contributed by atoms with Crippen LogP contribution in [0.15, 0.2) is 53.6 Å². The summed E-state index contributed by atoms with van der Waals surface area (Å²) in [5.41, 5.74) is -3.24. The van der Waals surface area contributed by atoms with Crippen LogP contribution in [0.1, 0.15) is 22.3 Å². The zero-order valence-corrected chi connectivity index (χ0v) is 15.0. The molecule has 0 unspecified atom stereocenters. The standard InChI is InChI=1S/C19H17F3N2O4/c1-27-14-7-3-12(4-8-14)16-11-18(26,19(20,21)22)24(23-16)17(25)13-5-9-15(28-2)10-6-13/h3-10,26H,11H2,1-2H3/t18-/m0/s1. The molecule has 1 heterocycles.